The fraction of sp³-hybridized carbons (Fsp3) is 0.462. The maximum absolute atomic E-state index is 11.0. The molecule has 0 bridgehead atoms. The van der Waals surface area contributed by atoms with Crippen LogP contribution in [0.2, 0.25) is 0 Å². The van der Waals surface area contributed by atoms with Crippen LogP contribution in [0.15, 0.2) is 22.7 Å². The van der Waals surface area contributed by atoms with Crippen molar-refractivity contribution in [2.24, 2.45) is 0 Å². The van der Waals surface area contributed by atoms with Gasteiger partial charge in [0.1, 0.15) is 0 Å². The van der Waals surface area contributed by atoms with Crippen LogP contribution in [0.5, 0.6) is 0 Å². The third-order valence-corrected chi connectivity index (χ3v) is 3.96. The molecule has 1 aromatic carbocycles. The molecule has 1 unspecified atom stereocenters. The fourth-order valence-electron chi connectivity index (χ4n) is 2.35. The number of nitrogens with two attached hydrogens (primary N) is 1. The number of benzene rings is 1. The molecule has 0 saturated carbocycles. The third kappa shape index (κ3) is 3.23. The van der Waals surface area contributed by atoms with Crippen LogP contribution in [0.3, 0.4) is 0 Å². The second-order valence-corrected chi connectivity index (χ2v) is 5.58. The Balaban J connectivity index is 1.97. The molecule has 1 atom stereocenters. The number of carbonyl (C=O) groups is 1. The zero-order valence-corrected chi connectivity index (χ0v) is 12.0. The molecule has 1 amide bonds. The van der Waals surface area contributed by atoms with Gasteiger partial charge in [0.25, 0.3) is 0 Å². The minimum Gasteiger partial charge on any atom is -0.398 e. The summed E-state index contributed by atoms with van der Waals surface area (Å²) in [5, 5.41) is 2.96. The molecule has 18 heavy (non-hydrogen) atoms. The monoisotopic (exact) mass is 311 g/mol. The van der Waals surface area contributed by atoms with E-state index in [1.54, 1.807) is 6.92 Å². The van der Waals surface area contributed by atoms with E-state index in [0.29, 0.717) is 0 Å². The number of hydrogen-bond donors (Lipinski definition) is 2. The van der Waals surface area contributed by atoms with Gasteiger partial charge in [0.05, 0.1) is 0 Å². The van der Waals surface area contributed by atoms with Crippen molar-refractivity contribution in [3.8, 4) is 0 Å². The first-order valence-corrected chi connectivity index (χ1v) is 6.88. The number of hydrogen-bond acceptors (Lipinski definition) is 3. The van der Waals surface area contributed by atoms with Gasteiger partial charge < -0.3 is 11.1 Å². The lowest BCUT2D eigenvalue weighted by molar-refractivity contribution is -0.119. The molecular formula is C13H18BrN3O. The van der Waals surface area contributed by atoms with E-state index in [2.05, 4.69) is 26.1 Å². The van der Waals surface area contributed by atoms with Crippen molar-refractivity contribution in [2.45, 2.75) is 25.9 Å². The molecule has 1 saturated heterocycles. The van der Waals surface area contributed by atoms with Gasteiger partial charge in [-0.05, 0) is 18.6 Å². The quantitative estimate of drug-likeness (QED) is 0.836. The molecular weight excluding hydrogens is 294 g/mol. The maximum atomic E-state index is 11.0. The van der Waals surface area contributed by atoms with Crippen molar-refractivity contribution in [1.82, 2.24) is 10.2 Å². The van der Waals surface area contributed by atoms with Gasteiger partial charge in [-0.2, -0.15) is 0 Å². The van der Waals surface area contributed by atoms with Crippen molar-refractivity contribution in [2.75, 3.05) is 18.8 Å². The molecule has 5 heteroatoms. The van der Waals surface area contributed by atoms with Gasteiger partial charge in [0.15, 0.2) is 0 Å². The SMILES string of the molecule is CC(=O)NC1CCN(Cc2c(N)cccc2Br)C1. The molecule has 1 aliphatic heterocycles. The number of nitrogen functional groups attached to an aromatic ring is 1. The Bertz CT molecular complexity index is 430. The first kappa shape index (κ1) is 13.4. The van der Waals surface area contributed by atoms with Gasteiger partial charge in [0.2, 0.25) is 5.91 Å². The summed E-state index contributed by atoms with van der Waals surface area (Å²) in [5.41, 5.74) is 7.93. The van der Waals surface area contributed by atoms with E-state index in [4.69, 9.17) is 5.73 Å². The largest absolute Gasteiger partial charge is 0.398 e. The average Bonchev–Trinajstić information content (AvgIpc) is 2.70. The van der Waals surface area contributed by atoms with Gasteiger partial charge in [-0.3, -0.25) is 9.69 Å². The minimum atomic E-state index is 0.0438. The summed E-state index contributed by atoms with van der Waals surface area (Å²) >= 11 is 3.53. The number of halogens is 1. The second kappa shape index (κ2) is 5.71. The van der Waals surface area contributed by atoms with Crippen LogP contribution >= 0.6 is 15.9 Å². The Hall–Kier alpha value is -1.07. The highest BCUT2D eigenvalue weighted by Gasteiger charge is 2.23. The number of carbonyl (C=O) groups excluding carboxylic acids is 1. The summed E-state index contributed by atoms with van der Waals surface area (Å²) in [4.78, 5) is 13.3. The highest BCUT2D eigenvalue weighted by atomic mass is 79.9. The molecule has 98 valence electrons. The van der Waals surface area contributed by atoms with Crippen LogP contribution in [0.25, 0.3) is 0 Å². The molecule has 1 heterocycles. The molecule has 3 N–H and O–H groups in total. The lowest BCUT2D eigenvalue weighted by Gasteiger charge is -2.18. The highest BCUT2D eigenvalue weighted by molar-refractivity contribution is 9.10. The van der Waals surface area contributed by atoms with E-state index in [0.717, 1.165) is 41.8 Å². The standard InChI is InChI=1S/C13H18BrN3O/c1-9(18)16-10-5-6-17(7-10)8-11-12(14)3-2-4-13(11)15/h2-4,10H,5-8,15H2,1H3,(H,16,18). The van der Waals surface area contributed by atoms with E-state index >= 15 is 0 Å². The van der Waals surface area contributed by atoms with E-state index < -0.39 is 0 Å². The molecule has 4 nitrogen and oxygen atoms in total. The van der Waals surface area contributed by atoms with Gasteiger partial charge in [-0.15, -0.1) is 0 Å². The summed E-state index contributed by atoms with van der Waals surface area (Å²) in [7, 11) is 0. The van der Waals surface area contributed by atoms with Crippen molar-refractivity contribution >= 4 is 27.5 Å². The fourth-order valence-corrected chi connectivity index (χ4v) is 2.85. The van der Waals surface area contributed by atoms with E-state index in [1.165, 1.54) is 0 Å². The zero-order valence-electron chi connectivity index (χ0n) is 10.4. The summed E-state index contributed by atoms with van der Waals surface area (Å²) in [5.74, 6) is 0.0438. The number of anilines is 1. The smallest absolute Gasteiger partial charge is 0.217 e. The van der Waals surface area contributed by atoms with E-state index in [-0.39, 0.29) is 11.9 Å². The normalized spacial score (nSPS) is 20.0. The molecule has 0 aliphatic carbocycles. The van der Waals surface area contributed by atoms with Crippen LogP contribution in [0.1, 0.15) is 18.9 Å². The second-order valence-electron chi connectivity index (χ2n) is 4.73. The van der Waals surface area contributed by atoms with Crippen molar-refractivity contribution in [1.29, 1.82) is 0 Å². The third-order valence-electron chi connectivity index (χ3n) is 3.22. The molecule has 0 spiro atoms. The van der Waals surface area contributed by atoms with Crippen LogP contribution in [-0.4, -0.2) is 29.9 Å². The Morgan fingerprint density at radius 2 is 2.39 bits per heavy atom. The molecule has 1 aromatic rings. The van der Waals surface area contributed by atoms with Crippen LogP contribution in [-0.2, 0) is 11.3 Å². The molecule has 0 radical (unpaired) electrons. The Morgan fingerprint density at radius 1 is 1.61 bits per heavy atom. The van der Waals surface area contributed by atoms with E-state index in [1.807, 2.05) is 18.2 Å². The summed E-state index contributed by atoms with van der Waals surface area (Å²) in [6, 6.07) is 6.13. The summed E-state index contributed by atoms with van der Waals surface area (Å²) in [6.07, 6.45) is 1.00. The number of amides is 1. The first-order chi connectivity index (χ1) is 8.56. The number of nitrogens with one attached hydrogen (secondary N) is 1. The lowest BCUT2D eigenvalue weighted by atomic mass is 10.2. The maximum Gasteiger partial charge on any atom is 0.217 e. The number of rotatable bonds is 3. The Kier molecular flexibility index (Phi) is 4.24. The first-order valence-electron chi connectivity index (χ1n) is 6.08. The average molecular weight is 312 g/mol. The lowest BCUT2D eigenvalue weighted by Crippen LogP contribution is -2.35. The molecule has 2 rings (SSSR count). The van der Waals surface area contributed by atoms with Crippen LogP contribution in [0.4, 0.5) is 5.69 Å². The van der Waals surface area contributed by atoms with Crippen molar-refractivity contribution in [3.63, 3.8) is 0 Å². The molecule has 1 fully saturated rings. The van der Waals surface area contributed by atoms with Gasteiger partial charge in [-0.1, -0.05) is 22.0 Å². The van der Waals surface area contributed by atoms with Gasteiger partial charge >= 0.3 is 0 Å². The highest BCUT2D eigenvalue weighted by Crippen LogP contribution is 2.25. The van der Waals surface area contributed by atoms with Crippen LogP contribution in [0, 0.1) is 0 Å². The molecule has 1 aliphatic rings. The van der Waals surface area contributed by atoms with Crippen LogP contribution < -0.4 is 11.1 Å². The van der Waals surface area contributed by atoms with E-state index in [9.17, 15) is 4.79 Å². The predicted molar refractivity (Wildman–Crippen MR) is 76.1 cm³/mol. The summed E-state index contributed by atoms with van der Waals surface area (Å²) in [6.45, 7) is 4.27. The predicted octanol–water partition coefficient (Wildman–Crippen LogP) is 1.74. The zero-order chi connectivity index (χ0) is 13.1. The molecule has 0 aromatic heterocycles. The topological polar surface area (TPSA) is 58.4 Å². The number of likely N-dealkylation sites (tertiary alicyclic amines) is 1. The minimum absolute atomic E-state index is 0.0438. The summed E-state index contributed by atoms with van der Waals surface area (Å²) < 4.78 is 1.05. The number of nitrogens with zero attached hydrogens (tertiary/aromatic N) is 1. The Labute approximate surface area is 116 Å². The Morgan fingerprint density at radius 3 is 3.06 bits per heavy atom. The van der Waals surface area contributed by atoms with Crippen molar-refractivity contribution in [3.05, 3.63) is 28.2 Å². The van der Waals surface area contributed by atoms with Crippen molar-refractivity contribution < 1.29 is 4.79 Å². The van der Waals surface area contributed by atoms with Gasteiger partial charge in [0, 0.05) is 48.3 Å². The van der Waals surface area contributed by atoms with Gasteiger partial charge in [-0.25, -0.2) is 0 Å².